The summed E-state index contributed by atoms with van der Waals surface area (Å²) in [5, 5.41) is 0. The lowest BCUT2D eigenvalue weighted by atomic mass is 10.1. The molecule has 0 aliphatic carbocycles. The third-order valence-corrected chi connectivity index (χ3v) is 3.05. The standard InChI is InChI=1S/C15H18O3/c1-11(4-3-5-13-6-7-17-10-13)8-14-9-12(2)15(16)18-14/h4,6-7,9-10,14H,3,5,8H2,1-2H3/t14-/m0/s1. The van der Waals surface area contributed by atoms with Gasteiger partial charge in [0.1, 0.15) is 6.10 Å². The van der Waals surface area contributed by atoms with Crippen molar-refractivity contribution in [2.45, 2.75) is 39.2 Å². The number of allylic oxidation sites excluding steroid dienone is 1. The summed E-state index contributed by atoms with van der Waals surface area (Å²) >= 11 is 0. The number of esters is 1. The molecule has 2 heterocycles. The lowest BCUT2D eigenvalue weighted by Crippen LogP contribution is -2.08. The first kappa shape index (κ1) is 12.7. The van der Waals surface area contributed by atoms with Crippen molar-refractivity contribution in [3.05, 3.63) is 47.5 Å². The van der Waals surface area contributed by atoms with Gasteiger partial charge in [0, 0.05) is 12.0 Å². The number of rotatable bonds is 5. The molecule has 1 aliphatic heterocycles. The predicted molar refractivity (Wildman–Crippen MR) is 69.0 cm³/mol. The van der Waals surface area contributed by atoms with Crippen molar-refractivity contribution in [1.82, 2.24) is 0 Å². The SMILES string of the molecule is CC(=CCCc1ccoc1)C[C@H]1C=C(C)C(=O)O1. The fourth-order valence-corrected chi connectivity index (χ4v) is 2.03. The van der Waals surface area contributed by atoms with Crippen LogP contribution in [0.4, 0.5) is 0 Å². The van der Waals surface area contributed by atoms with E-state index in [0.29, 0.717) is 5.57 Å². The minimum Gasteiger partial charge on any atom is -0.472 e. The summed E-state index contributed by atoms with van der Waals surface area (Å²) in [4.78, 5) is 11.2. The molecule has 2 rings (SSSR count). The van der Waals surface area contributed by atoms with Crippen molar-refractivity contribution in [3.8, 4) is 0 Å². The van der Waals surface area contributed by atoms with Gasteiger partial charge in [0.2, 0.25) is 0 Å². The topological polar surface area (TPSA) is 39.4 Å². The highest BCUT2D eigenvalue weighted by Crippen LogP contribution is 2.19. The number of carbonyl (C=O) groups is 1. The van der Waals surface area contributed by atoms with Crippen LogP contribution in [0.15, 0.2) is 46.3 Å². The molecule has 0 unspecified atom stereocenters. The molecule has 1 aromatic rings. The minimum atomic E-state index is -0.189. The molecule has 18 heavy (non-hydrogen) atoms. The van der Waals surface area contributed by atoms with Crippen LogP contribution in [0.2, 0.25) is 0 Å². The van der Waals surface area contributed by atoms with Gasteiger partial charge >= 0.3 is 5.97 Å². The van der Waals surface area contributed by atoms with Crippen molar-refractivity contribution in [2.75, 3.05) is 0 Å². The average Bonchev–Trinajstić information content (AvgIpc) is 2.90. The molecular formula is C15H18O3. The first-order valence-electron chi connectivity index (χ1n) is 6.21. The Morgan fingerprint density at radius 3 is 2.94 bits per heavy atom. The second-order valence-corrected chi connectivity index (χ2v) is 4.72. The van der Waals surface area contributed by atoms with E-state index in [-0.39, 0.29) is 12.1 Å². The Kier molecular flexibility index (Phi) is 4.03. The highest BCUT2D eigenvalue weighted by Gasteiger charge is 2.21. The van der Waals surface area contributed by atoms with Gasteiger partial charge in [-0.1, -0.05) is 11.6 Å². The van der Waals surface area contributed by atoms with Gasteiger partial charge in [-0.2, -0.15) is 0 Å². The molecule has 0 N–H and O–H groups in total. The van der Waals surface area contributed by atoms with E-state index in [9.17, 15) is 4.79 Å². The van der Waals surface area contributed by atoms with Crippen molar-refractivity contribution in [1.29, 1.82) is 0 Å². The maximum absolute atomic E-state index is 11.2. The molecule has 1 aliphatic rings. The van der Waals surface area contributed by atoms with Crippen LogP contribution in [0.5, 0.6) is 0 Å². The summed E-state index contributed by atoms with van der Waals surface area (Å²) in [6.45, 7) is 3.87. The van der Waals surface area contributed by atoms with Gasteiger partial charge in [0.25, 0.3) is 0 Å². The molecule has 96 valence electrons. The molecule has 0 bridgehead atoms. The third kappa shape index (κ3) is 3.36. The quantitative estimate of drug-likeness (QED) is 0.590. The van der Waals surface area contributed by atoms with Crippen LogP contribution in [0.25, 0.3) is 0 Å². The van der Waals surface area contributed by atoms with E-state index in [4.69, 9.17) is 9.15 Å². The average molecular weight is 246 g/mol. The molecule has 1 atom stereocenters. The molecule has 0 fully saturated rings. The van der Waals surface area contributed by atoms with Gasteiger partial charge in [0.05, 0.1) is 12.5 Å². The lowest BCUT2D eigenvalue weighted by molar-refractivity contribution is -0.139. The zero-order valence-electron chi connectivity index (χ0n) is 10.8. The molecule has 3 nitrogen and oxygen atoms in total. The van der Waals surface area contributed by atoms with Gasteiger partial charge in [-0.15, -0.1) is 0 Å². The first-order valence-corrected chi connectivity index (χ1v) is 6.21. The number of furan rings is 1. The van der Waals surface area contributed by atoms with Gasteiger partial charge in [-0.05, 0) is 44.4 Å². The highest BCUT2D eigenvalue weighted by molar-refractivity contribution is 5.90. The van der Waals surface area contributed by atoms with E-state index in [1.54, 1.807) is 19.5 Å². The van der Waals surface area contributed by atoms with E-state index in [1.165, 1.54) is 11.1 Å². The molecule has 0 spiro atoms. The Labute approximate surface area is 107 Å². The number of ether oxygens (including phenoxy) is 1. The predicted octanol–water partition coefficient (Wildman–Crippen LogP) is 3.42. The van der Waals surface area contributed by atoms with Gasteiger partial charge < -0.3 is 9.15 Å². The van der Waals surface area contributed by atoms with Crippen LogP contribution in [0.3, 0.4) is 0 Å². The van der Waals surface area contributed by atoms with Crippen molar-refractivity contribution < 1.29 is 13.9 Å². The number of carbonyl (C=O) groups excluding carboxylic acids is 1. The maximum atomic E-state index is 11.2. The summed E-state index contributed by atoms with van der Waals surface area (Å²) < 4.78 is 10.2. The summed E-state index contributed by atoms with van der Waals surface area (Å²) in [5.41, 5.74) is 3.18. The lowest BCUT2D eigenvalue weighted by Gasteiger charge is -2.08. The van der Waals surface area contributed by atoms with Crippen molar-refractivity contribution in [2.24, 2.45) is 0 Å². The zero-order chi connectivity index (χ0) is 13.0. The van der Waals surface area contributed by atoms with Crippen molar-refractivity contribution >= 4 is 5.97 Å². The Balaban J connectivity index is 1.78. The summed E-state index contributed by atoms with van der Waals surface area (Å²) in [7, 11) is 0. The van der Waals surface area contributed by atoms with Gasteiger partial charge in [-0.25, -0.2) is 4.79 Å². The number of cyclic esters (lactones) is 1. The largest absolute Gasteiger partial charge is 0.472 e. The van der Waals surface area contributed by atoms with E-state index >= 15 is 0 Å². The molecule has 0 saturated carbocycles. The monoisotopic (exact) mass is 246 g/mol. The Morgan fingerprint density at radius 1 is 1.50 bits per heavy atom. The van der Waals surface area contributed by atoms with E-state index < -0.39 is 0 Å². The molecule has 1 aromatic heterocycles. The second-order valence-electron chi connectivity index (χ2n) is 4.72. The van der Waals surface area contributed by atoms with Gasteiger partial charge in [-0.3, -0.25) is 0 Å². The van der Waals surface area contributed by atoms with Gasteiger partial charge in [0.15, 0.2) is 0 Å². The number of hydrogen-bond acceptors (Lipinski definition) is 3. The molecule has 3 heteroatoms. The van der Waals surface area contributed by atoms with Crippen LogP contribution < -0.4 is 0 Å². The Morgan fingerprint density at radius 2 is 2.33 bits per heavy atom. The molecule has 0 saturated heterocycles. The molecular weight excluding hydrogens is 228 g/mol. The smallest absolute Gasteiger partial charge is 0.334 e. The van der Waals surface area contributed by atoms with Crippen LogP contribution in [0.1, 0.15) is 32.3 Å². The van der Waals surface area contributed by atoms with Crippen LogP contribution in [-0.4, -0.2) is 12.1 Å². The van der Waals surface area contributed by atoms with Crippen LogP contribution in [-0.2, 0) is 16.0 Å². The van der Waals surface area contributed by atoms with Crippen LogP contribution in [0, 0.1) is 0 Å². The van der Waals surface area contributed by atoms with Crippen LogP contribution >= 0.6 is 0 Å². The maximum Gasteiger partial charge on any atom is 0.334 e. The number of hydrogen-bond donors (Lipinski definition) is 0. The van der Waals surface area contributed by atoms with E-state index in [0.717, 1.165) is 19.3 Å². The van der Waals surface area contributed by atoms with E-state index in [1.807, 2.05) is 12.1 Å². The van der Waals surface area contributed by atoms with E-state index in [2.05, 4.69) is 13.0 Å². The molecule has 0 amide bonds. The second kappa shape index (κ2) is 5.71. The third-order valence-electron chi connectivity index (χ3n) is 3.05. The first-order chi connectivity index (χ1) is 8.65. The normalized spacial score (nSPS) is 19.9. The zero-order valence-corrected chi connectivity index (χ0v) is 10.8. The Hall–Kier alpha value is -1.77. The molecule has 0 aromatic carbocycles. The summed E-state index contributed by atoms with van der Waals surface area (Å²) in [6.07, 6.45) is 10.2. The fourth-order valence-electron chi connectivity index (χ4n) is 2.03. The van der Waals surface area contributed by atoms with Crippen molar-refractivity contribution in [3.63, 3.8) is 0 Å². The Bertz CT molecular complexity index is 466. The minimum absolute atomic E-state index is 0.0809. The number of aryl methyl sites for hydroxylation is 1. The summed E-state index contributed by atoms with van der Waals surface area (Å²) in [6, 6.07) is 1.98. The fraction of sp³-hybridized carbons (Fsp3) is 0.400. The summed E-state index contributed by atoms with van der Waals surface area (Å²) in [5.74, 6) is -0.189. The molecule has 0 radical (unpaired) electrons. The highest BCUT2D eigenvalue weighted by atomic mass is 16.5.